The molecule has 1 N–H and O–H groups in total. The number of rotatable bonds is 4. The van der Waals surface area contributed by atoms with Gasteiger partial charge in [0, 0.05) is 19.3 Å². The Hall–Kier alpha value is -1.10. The average Bonchev–Trinajstić information content (AvgIpc) is 2.96. The van der Waals surface area contributed by atoms with Gasteiger partial charge in [-0.2, -0.15) is 0 Å². The van der Waals surface area contributed by atoms with Crippen molar-refractivity contribution >= 4 is 11.9 Å². The van der Waals surface area contributed by atoms with Crippen molar-refractivity contribution in [2.75, 3.05) is 6.61 Å². The molecular weight excluding hydrogens is 380 g/mol. The van der Waals surface area contributed by atoms with Crippen LogP contribution in [0.15, 0.2) is 0 Å². The fourth-order valence-electron chi connectivity index (χ4n) is 8.54. The Morgan fingerprint density at radius 3 is 2.37 bits per heavy atom. The predicted molar refractivity (Wildman–Crippen MR) is 113 cm³/mol. The Morgan fingerprint density at radius 2 is 1.67 bits per heavy atom. The lowest BCUT2D eigenvalue weighted by Crippen LogP contribution is -2.61. The number of hydrogen-bond acceptors (Lipinski definition) is 5. The number of carbonyl (C=O) groups excluding carboxylic acids is 2. The van der Waals surface area contributed by atoms with Crippen molar-refractivity contribution in [1.82, 2.24) is 0 Å². The zero-order valence-electron chi connectivity index (χ0n) is 19.2. The van der Waals surface area contributed by atoms with E-state index >= 15 is 0 Å². The van der Waals surface area contributed by atoms with Crippen LogP contribution in [0.3, 0.4) is 0 Å². The number of esters is 2. The second-order valence-electron chi connectivity index (χ2n) is 11.2. The Labute approximate surface area is 181 Å². The van der Waals surface area contributed by atoms with Gasteiger partial charge in [0.2, 0.25) is 0 Å². The maximum Gasteiger partial charge on any atom is 0.303 e. The molecule has 170 valence electrons. The van der Waals surface area contributed by atoms with Crippen LogP contribution in [0.4, 0.5) is 0 Å². The largest absolute Gasteiger partial charge is 0.462 e. The van der Waals surface area contributed by atoms with Crippen molar-refractivity contribution in [3.8, 4) is 0 Å². The number of aliphatic hydroxyl groups is 1. The van der Waals surface area contributed by atoms with Gasteiger partial charge in [-0.05, 0) is 80.5 Å². The van der Waals surface area contributed by atoms with E-state index in [1.807, 2.05) is 0 Å². The first-order valence-electron chi connectivity index (χ1n) is 12.1. The molecule has 0 amide bonds. The van der Waals surface area contributed by atoms with E-state index in [1.54, 1.807) is 0 Å². The van der Waals surface area contributed by atoms with E-state index < -0.39 is 23.6 Å². The molecule has 0 aromatic heterocycles. The molecule has 0 spiro atoms. The van der Waals surface area contributed by atoms with Gasteiger partial charge in [-0.3, -0.25) is 9.59 Å². The van der Waals surface area contributed by atoms with Gasteiger partial charge < -0.3 is 14.6 Å². The lowest BCUT2D eigenvalue weighted by atomic mass is 9.44. The van der Waals surface area contributed by atoms with E-state index in [2.05, 4.69) is 13.8 Å². The third-order valence-electron chi connectivity index (χ3n) is 10.1. The molecule has 5 heteroatoms. The van der Waals surface area contributed by atoms with E-state index in [-0.39, 0.29) is 12.0 Å². The highest BCUT2D eigenvalue weighted by Gasteiger charge is 2.67. The molecule has 4 aliphatic rings. The molecule has 5 nitrogen and oxygen atoms in total. The van der Waals surface area contributed by atoms with Gasteiger partial charge >= 0.3 is 11.9 Å². The Balaban J connectivity index is 1.60. The summed E-state index contributed by atoms with van der Waals surface area (Å²) in [6, 6.07) is 0. The van der Waals surface area contributed by atoms with E-state index in [1.165, 1.54) is 52.4 Å². The van der Waals surface area contributed by atoms with E-state index in [0.29, 0.717) is 23.7 Å². The molecule has 0 saturated heterocycles. The Bertz CT molecular complexity index is 691. The van der Waals surface area contributed by atoms with Crippen LogP contribution in [-0.2, 0) is 19.1 Å². The summed E-state index contributed by atoms with van der Waals surface area (Å²) in [5.74, 6) is 1.85. The molecule has 0 bridgehead atoms. The second kappa shape index (κ2) is 7.79. The molecule has 0 aromatic rings. The molecule has 0 unspecified atom stereocenters. The van der Waals surface area contributed by atoms with E-state index in [4.69, 9.17) is 9.47 Å². The summed E-state index contributed by atoms with van der Waals surface area (Å²) in [5, 5.41) is 12.0. The van der Waals surface area contributed by atoms with E-state index in [9.17, 15) is 14.7 Å². The van der Waals surface area contributed by atoms with Crippen LogP contribution in [0.5, 0.6) is 0 Å². The first kappa shape index (κ1) is 22.1. The normalized spacial score (nSPS) is 46.2. The number of ether oxygens (including phenoxy) is 2. The third kappa shape index (κ3) is 3.30. The van der Waals surface area contributed by atoms with Crippen LogP contribution in [0.25, 0.3) is 0 Å². The van der Waals surface area contributed by atoms with Crippen molar-refractivity contribution in [3.05, 3.63) is 0 Å². The van der Waals surface area contributed by atoms with Gasteiger partial charge in [0.15, 0.2) is 6.10 Å². The molecule has 4 rings (SSSR count). The van der Waals surface area contributed by atoms with Crippen molar-refractivity contribution in [2.45, 2.75) is 104 Å². The quantitative estimate of drug-likeness (QED) is 0.671. The first-order valence-corrected chi connectivity index (χ1v) is 12.1. The van der Waals surface area contributed by atoms with Gasteiger partial charge in [-0.15, -0.1) is 0 Å². The minimum absolute atomic E-state index is 0.0678. The smallest absolute Gasteiger partial charge is 0.303 e. The average molecular weight is 421 g/mol. The standard InChI is InChI=1S/C25H40O5/c1-16(26)29-15-22(30-17(2)27)25(28)14-11-21-19-9-8-18-7-5-6-12-23(18,3)20(19)10-13-24(21,25)4/h18-22,28H,5-15H2,1-4H3/t18-,19-,20-,21-,22+,23+,24-,25+/m1/s1. The zero-order chi connectivity index (χ0) is 21.7. The molecule has 0 radical (unpaired) electrons. The fourth-order valence-corrected chi connectivity index (χ4v) is 8.54. The van der Waals surface area contributed by atoms with Gasteiger partial charge in [0.1, 0.15) is 12.2 Å². The van der Waals surface area contributed by atoms with Gasteiger partial charge in [-0.25, -0.2) is 0 Å². The van der Waals surface area contributed by atoms with Crippen LogP contribution in [0, 0.1) is 34.5 Å². The lowest BCUT2D eigenvalue weighted by Gasteiger charge is -2.61. The van der Waals surface area contributed by atoms with Crippen LogP contribution in [-0.4, -0.2) is 35.4 Å². The highest BCUT2D eigenvalue weighted by atomic mass is 16.6. The topological polar surface area (TPSA) is 72.8 Å². The molecule has 0 heterocycles. The minimum Gasteiger partial charge on any atom is -0.462 e. The van der Waals surface area contributed by atoms with Crippen LogP contribution >= 0.6 is 0 Å². The molecule has 4 fully saturated rings. The molecule has 30 heavy (non-hydrogen) atoms. The highest BCUT2D eigenvalue weighted by Crippen LogP contribution is 2.68. The summed E-state index contributed by atoms with van der Waals surface area (Å²) in [6.07, 6.45) is 11.0. The number of carbonyl (C=O) groups is 2. The van der Waals surface area contributed by atoms with Gasteiger partial charge in [0.05, 0.1) is 0 Å². The predicted octanol–water partition coefficient (Wildman–Crippen LogP) is 4.65. The lowest BCUT2D eigenvalue weighted by molar-refractivity contribution is -0.211. The minimum atomic E-state index is -1.14. The molecular formula is C25H40O5. The second-order valence-corrected chi connectivity index (χ2v) is 11.2. The molecule has 0 aromatic carbocycles. The van der Waals surface area contributed by atoms with Crippen LogP contribution in [0.2, 0.25) is 0 Å². The monoisotopic (exact) mass is 420 g/mol. The van der Waals surface area contributed by atoms with Gasteiger partial charge in [-0.1, -0.05) is 26.7 Å². The first-order chi connectivity index (χ1) is 14.1. The molecule has 4 aliphatic carbocycles. The number of fused-ring (bicyclic) bond motifs is 5. The van der Waals surface area contributed by atoms with Crippen molar-refractivity contribution < 1.29 is 24.2 Å². The van der Waals surface area contributed by atoms with E-state index in [0.717, 1.165) is 31.1 Å². The molecule has 0 aliphatic heterocycles. The van der Waals surface area contributed by atoms with Gasteiger partial charge in [0.25, 0.3) is 0 Å². The molecule has 8 atom stereocenters. The Morgan fingerprint density at radius 1 is 0.933 bits per heavy atom. The summed E-state index contributed by atoms with van der Waals surface area (Å²) in [7, 11) is 0. The van der Waals surface area contributed by atoms with Crippen molar-refractivity contribution in [2.24, 2.45) is 34.5 Å². The summed E-state index contributed by atoms with van der Waals surface area (Å²) >= 11 is 0. The Kier molecular flexibility index (Phi) is 5.74. The van der Waals surface area contributed by atoms with Crippen molar-refractivity contribution in [1.29, 1.82) is 0 Å². The number of hydrogen-bond donors (Lipinski definition) is 1. The third-order valence-corrected chi connectivity index (χ3v) is 10.1. The fraction of sp³-hybridized carbons (Fsp3) is 0.920. The van der Waals surface area contributed by atoms with Crippen LogP contribution in [0.1, 0.15) is 91.9 Å². The van der Waals surface area contributed by atoms with Crippen LogP contribution < -0.4 is 0 Å². The SMILES string of the molecule is CC(=O)OC[C@H](OC(C)=O)[C@@]1(O)CC[C@@H]2[C@@H]3CC[C@H]4CCCC[C@]4(C)[C@@H]3CC[C@]21C. The maximum absolute atomic E-state index is 12.0. The summed E-state index contributed by atoms with van der Waals surface area (Å²) in [4.78, 5) is 23.2. The highest BCUT2D eigenvalue weighted by molar-refractivity contribution is 5.67. The summed E-state index contributed by atoms with van der Waals surface area (Å²) in [5.41, 5.74) is -1.00. The molecule has 4 saturated carbocycles. The summed E-state index contributed by atoms with van der Waals surface area (Å²) < 4.78 is 10.8. The summed E-state index contributed by atoms with van der Waals surface area (Å²) in [6.45, 7) is 7.41. The zero-order valence-corrected chi connectivity index (χ0v) is 19.2. The van der Waals surface area contributed by atoms with Crippen molar-refractivity contribution in [3.63, 3.8) is 0 Å². The maximum atomic E-state index is 12.0.